The number of anilines is 1. The molecular formula is C19H27IN6. The molecule has 1 saturated heterocycles. The molecule has 1 aliphatic rings. The molecule has 140 valence electrons. The molecule has 2 aromatic rings. The molecule has 1 fully saturated rings. The largest absolute Gasteiger partial charge is 0.357 e. The van der Waals surface area contributed by atoms with Crippen LogP contribution in [0.25, 0.3) is 0 Å². The number of pyridine rings is 2. The predicted octanol–water partition coefficient (Wildman–Crippen LogP) is 2.42. The van der Waals surface area contributed by atoms with E-state index in [1.807, 2.05) is 30.6 Å². The first-order valence-electron chi connectivity index (χ1n) is 8.95. The maximum absolute atomic E-state index is 4.80. The molecule has 0 unspecified atom stereocenters. The zero-order valence-corrected chi connectivity index (χ0v) is 17.5. The molecular weight excluding hydrogens is 439 g/mol. The van der Waals surface area contributed by atoms with Gasteiger partial charge in [-0.1, -0.05) is 12.1 Å². The van der Waals surface area contributed by atoms with Gasteiger partial charge in [0.25, 0.3) is 0 Å². The van der Waals surface area contributed by atoms with Gasteiger partial charge in [0.15, 0.2) is 5.96 Å². The van der Waals surface area contributed by atoms with E-state index in [-0.39, 0.29) is 24.0 Å². The van der Waals surface area contributed by atoms with Crippen molar-refractivity contribution in [3.05, 3.63) is 54.5 Å². The second-order valence-corrected chi connectivity index (χ2v) is 6.01. The zero-order valence-electron chi connectivity index (χ0n) is 15.2. The standard InChI is InChI=1S/C19H26N6.HI/c1-2-21-19(23-11-8-17-6-5-9-20-16-17)25-14-12-24(13-15-25)18-7-3-4-10-22-18;/h3-7,9-10,16H,2,8,11-15H2,1H3,(H,21,23);1H. The van der Waals surface area contributed by atoms with Crippen molar-refractivity contribution in [2.45, 2.75) is 13.3 Å². The molecule has 0 amide bonds. The highest BCUT2D eigenvalue weighted by Crippen LogP contribution is 2.12. The van der Waals surface area contributed by atoms with Gasteiger partial charge in [-0.15, -0.1) is 24.0 Å². The average Bonchev–Trinajstić information content (AvgIpc) is 2.69. The van der Waals surface area contributed by atoms with Gasteiger partial charge >= 0.3 is 0 Å². The molecule has 3 heterocycles. The number of hydrogen-bond acceptors (Lipinski definition) is 4. The van der Waals surface area contributed by atoms with Crippen molar-refractivity contribution >= 4 is 35.8 Å². The van der Waals surface area contributed by atoms with Crippen LogP contribution in [0.15, 0.2) is 53.9 Å². The molecule has 6 nitrogen and oxygen atoms in total. The van der Waals surface area contributed by atoms with E-state index >= 15 is 0 Å². The highest BCUT2D eigenvalue weighted by Gasteiger charge is 2.20. The molecule has 1 aliphatic heterocycles. The van der Waals surface area contributed by atoms with E-state index in [1.54, 1.807) is 6.20 Å². The van der Waals surface area contributed by atoms with Crippen molar-refractivity contribution < 1.29 is 0 Å². The van der Waals surface area contributed by atoms with Gasteiger partial charge in [0.1, 0.15) is 5.82 Å². The van der Waals surface area contributed by atoms with E-state index in [9.17, 15) is 0 Å². The van der Waals surface area contributed by atoms with Crippen molar-refractivity contribution in [1.29, 1.82) is 0 Å². The van der Waals surface area contributed by atoms with Crippen molar-refractivity contribution in [3.8, 4) is 0 Å². The number of hydrogen-bond donors (Lipinski definition) is 1. The maximum atomic E-state index is 4.80. The Morgan fingerprint density at radius 1 is 1.12 bits per heavy atom. The lowest BCUT2D eigenvalue weighted by Crippen LogP contribution is -2.52. The quantitative estimate of drug-likeness (QED) is 0.417. The first-order valence-corrected chi connectivity index (χ1v) is 8.95. The molecule has 0 radical (unpaired) electrons. The van der Waals surface area contributed by atoms with Crippen LogP contribution in [-0.4, -0.2) is 60.1 Å². The molecule has 0 spiro atoms. The van der Waals surface area contributed by atoms with E-state index in [0.717, 1.165) is 57.5 Å². The van der Waals surface area contributed by atoms with Gasteiger partial charge in [0.2, 0.25) is 0 Å². The SMILES string of the molecule is CCNC(=NCCc1cccnc1)N1CCN(c2ccccn2)CC1.I. The smallest absolute Gasteiger partial charge is 0.194 e. The highest BCUT2D eigenvalue weighted by molar-refractivity contribution is 14.0. The van der Waals surface area contributed by atoms with Gasteiger partial charge in [-0.25, -0.2) is 4.98 Å². The molecule has 0 aliphatic carbocycles. The van der Waals surface area contributed by atoms with Gasteiger partial charge in [0.05, 0.1) is 0 Å². The van der Waals surface area contributed by atoms with Crippen LogP contribution in [0, 0.1) is 0 Å². The Balaban J connectivity index is 0.00000243. The second-order valence-electron chi connectivity index (χ2n) is 6.01. The molecule has 3 rings (SSSR count). The minimum absolute atomic E-state index is 0. The highest BCUT2D eigenvalue weighted by atomic mass is 127. The van der Waals surface area contributed by atoms with E-state index < -0.39 is 0 Å². The van der Waals surface area contributed by atoms with Gasteiger partial charge in [-0.05, 0) is 37.1 Å². The number of aromatic nitrogens is 2. The number of halogens is 1. The molecule has 7 heteroatoms. The van der Waals surface area contributed by atoms with Crippen LogP contribution in [0.4, 0.5) is 5.82 Å². The van der Waals surface area contributed by atoms with E-state index in [0.29, 0.717) is 0 Å². The molecule has 26 heavy (non-hydrogen) atoms. The monoisotopic (exact) mass is 466 g/mol. The second kappa shape index (κ2) is 10.9. The Labute approximate surface area is 172 Å². The molecule has 0 bridgehead atoms. The molecule has 0 saturated carbocycles. The van der Waals surface area contributed by atoms with Crippen molar-refractivity contribution in [2.75, 3.05) is 44.2 Å². The summed E-state index contributed by atoms with van der Waals surface area (Å²) in [6.45, 7) is 7.60. The third-order valence-corrected chi connectivity index (χ3v) is 4.27. The van der Waals surface area contributed by atoms with E-state index in [4.69, 9.17) is 4.99 Å². The molecule has 0 aromatic carbocycles. The number of aliphatic imine (C=N–C) groups is 1. The number of piperazine rings is 1. The van der Waals surface area contributed by atoms with E-state index in [1.165, 1.54) is 5.56 Å². The maximum Gasteiger partial charge on any atom is 0.194 e. The summed E-state index contributed by atoms with van der Waals surface area (Å²) in [5.74, 6) is 2.06. The third-order valence-electron chi connectivity index (χ3n) is 4.27. The lowest BCUT2D eigenvalue weighted by molar-refractivity contribution is 0.371. The van der Waals surface area contributed by atoms with Crippen molar-refractivity contribution in [1.82, 2.24) is 20.2 Å². The van der Waals surface area contributed by atoms with Crippen LogP contribution < -0.4 is 10.2 Å². The van der Waals surface area contributed by atoms with Crippen molar-refractivity contribution in [2.24, 2.45) is 4.99 Å². The van der Waals surface area contributed by atoms with Gasteiger partial charge < -0.3 is 15.1 Å². The van der Waals surface area contributed by atoms with Crippen LogP contribution in [-0.2, 0) is 6.42 Å². The normalized spacial score (nSPS) is 14.7. The lowest BCUT2D eigenvalue weighted by atomic mass is 10.2. The lowest BCUT2D eigenvalue weighted by Gasteiger charge is -2.37. The van der Waals surface area contributed by atoms with Crippen LogP contribution in [0.3, 0.4) is 0 Å². The molecule has 1 N–H and O–H groups in total. The Bertz CT molecular complexity index is 656. The Hall–Kier alpha value is -1.90. The van der Waals surface area contributed by atoms with Crippen LogP contribution in [0.1, 0.15) is 12.5 Å². The summed E-state index contributed by atoms with van der Waals surface area (Å²) in [5.41, 5.74) is 1.22. The summed E-state index contributed by atoms with van der Waals surface area (Å²) >= 11 is 0. The number of nitrogens with zero attached hydrogens (tertiary/aromatic N) is 5. The summed E-state index contributed by atoms with van der Waals surface area (Å²) in [6.07, 6.45) is 6.48. The van der Waals surface area contributed by atoms with Gasteiger partial charge in [-0.2, -0.15) is 0 Å². The minimum Gasteiger partial charge on any atom is -0.357 e. The molecule has 2 aromatic heterocycles. The van der Waals surface area contributed by atoms with Crippen LogP contribution in [0.5, 0.6) is 0 Å². The zero-order chi connectivity index (χ0) is 17.3. The summed E-state index contributed by atoms with van der Waals surface area (Å²) in [6, 6.07) is 10.1. The average molecular weight is 466 g/mol. The third kappa shape index (κ3) is 5.82. The summed E-state index contributed by atoms with van der Waals surface area (Å²) in [5, 5.41) is 3.42. The first kappa shape index (κ1) is 20.4. The number of rotatable bonds is 5. The van der Waals surface area contributed by atoms with E-state index in [2.05, 4.69) is 44.1 Å². The Kier molecular flexibility index (Phi) is 8.60. The minimum atomic E-state index is 0. The fourth-order valence-electron chi connectivity index (χ4n) is 2.95. The Morgan fingerprint density at radius 3 is 2.62 bits per heavy atom. The topological polar surface area (TPSA) is 56.7 Å². The number of nitrogens with one attached hydrogen (secondary N) is 1. The summed E-state index contributed by atoms with van der Waals surface area (Å²) in [7, 11) is 0. The first-order chi connectivity index (χ1) is 12.4. The van der Waals surface area contributed by atoms with Gasteiger partial charge in [0, 0.05) is 57.9 Å². The van der Waals surface area contributed by atoms with Crippen molar-refractivity contribution in [3.63, 3.8) is 0 Å². The predicted molar refractivity (Wildman–Crippen MR) is 117 cm³/mol. The van der Waals surface area contributed by atoms with Crippen LogP contribution in [0.2, 0.25) is 0 Å². The Morgan fingerprint density at radius 2 is 1.96 bits per heavy atom. The van der Waals surface area contributed by atoms with Gasteiger partial charge in [-0.3, -0.25) is 9.98 Å². The van der Waals surface area contributed by atoms with Crippen LogP contribution >= 0.6 is 24.0 Å². The number of guanidine groups is 1. The fourth-order valence-corrected chi connectivity index (χ4v) is 2.95. The molecule has 0 atom stereocenters. The fraction of sp³-hybridized carbons (Fsp3) is 0.421. The summed E-state index contributed by atoms with van der Waals surface area (Å²) in [4.78, 5) is 18.1. The summed E-state index contributed by atoms with van der Waals surface area (Å²) < 4.78 is 0.